The van der Waals surface area contributed by atoms with Gasteiger partial charge in [0.1, 0.15) is 0 Å². The van der Waals surface area contributed by atoms with Crippen molar-refractivity contribution in [2.45, 2.75) is 4.90 Å². The van der Waals surface area contributed by atoms with Crippen molar-refractivity contribution < 1.29 is 9.59 Å². The van der Waals surface area contributed by atoms with Crippen LogP contribution in [0.25, 0.3) is 5.57 Å². The molecular weight excluding hydrogens is 356 g/mol. The number of ketones is 1. The maximum Gasteiger partial charge on any atom is 0.196 e. The van der Waals surface area contributed by atoms with Crippen molar-refractivity contribution in [3.8, 4) is 0 Å². The van der Waals surface area contributed by atoms with E-state index in [2.05, 4.69) is 24.5 Å². The smallest absolute Gasteiger partial charge is 0.196 e. The molecule has 0 saturated heterocycles. The number of nitrogens with one attached hydrogen (secondary N) is 1. The van der Waals surface area contributed by atoms with E-state index in [9.17, 15) is 9.59 Å². The molecule has 4 rings (SSSR count). The Labute approximate surface area is 162 Å². The van der Waals surface area contributed by atoms with Gasteiger partial charge in [-0.3, -0.25) is 9.59 Å². The van der Waals surface area contributed by atoms with Crippen LogP contribution in [-0.4, -0.2) is 12.1 Å². The molecule has 0 fully saturated rings. The number of hydrogen-bond donors (Lipinski definition) is 3. The Hall–Kier alpha value is -3.31. The molecule has 0 aliphatic heterocycles. The van der Waals surface area contributed by atoms with Gasteiger partial charge in [0.25, 0.3) is 0 Å². The number of para-hydroxylation sites is 1. The summed E-state index contributed by atoms with van der Waals surface area (Å²) in [4.78, 5) is 25.0. The minimum atomic E-state index is -0.159. The van der Waals surface area contributed by atoms with E-state index in [0.717, 1.165) is 11.8 Å². The maximum absolute atomic E-state index is 13.1. The third-order valence-corrected chi connectivity index (χ3v) is 5.10. The number of aldehydes is 1. The molecular formula is C22H16N2O2S. The summed E-state index contributed by atoms with van der Waals surface area (Å²) in [5.41, 5.74) is 11.4. The second-order valence-corrected chi connectivity index (χ2v) is 6.77. The molecule has 0 unspecified atom stereocenters. The lowest BCUT2D eigenvalue weighted by Gasteiger charge is -2.26. The topological polar surface area (TPSA) is 72.2 Å². The highest BCUT2D eigenvalue weighted by molar-refractivity contribution is 7.80. The Morgan fingerprint density at radius 1 is 0.963 bits per heavy atom. The lowest BCUT2D eigenvalue weighted by atomic mass is 9.80. The third-order valence-electron chi connectivity index (χ3n) is 4.73. The van der Waals surface area contributed by atoms with Gasteiger partial charge >= 0.3 is 0 Å². The van der Waals surface area contributed by atoms with Gasteiger partial charge in [-0.2, -0.15) is 0 Å². The molecule has 0 heterocycles. The summed E-state index contributed by atoms with van der Waals surface area (Å²) in [6.07, 6.45) is 0.781. The number of hydrogen-bond acceptors (Lipinski definition) is 5. The lowest BCUT2D eigenvalue weighted by molar-refractivity contribution is 0.103. The SMILES string of the molecule is C=C1c2ccccc2C(=O)c2c(N)c(S)cc(Nc3ccccc3C=O)c21. The van der Waals surface area contributed by atoms with E-state index in [4.69, 9.17) is 5.73 Å². The number of anilines is 3. The zero-order valence-electron chi connectivity index (χ0n) is 14.3. The van der Waals surface area contributed by atoms with Gasteiger partial charge < -0.3 is 11.1 Å². The Morgan fingerprint density at radius 2 is 1.63 bits per heavy atom. The van der Waals surface area contributed by atoms with Gasteiger partial charge in [-0.05, 0) is 29.3 Å². The monoisotopic (exact) mass is 372 g/mol. The summed E-state index contributed by atoms with van der Waals surface area (Å²) in [6, 6.07) is 16.2. The average Bonchev–Trinajstić information content (AvgIpc) is 2.69. The van der Waals surface area contributed by atoms with Crippen LogP contribution >= 0.6 is 12.6 Å². The van der Waals surface area contributed by atoms with E-state index in [1.165, 1.54) is 0 Å². The van der Waals surface area contributed by atoms with Crippen LogP contribution in [0.3, 0.4) is 0 Å². The van der Waals surface area contributed by atoms with Crippen molar-refractivity contribution in [1.29, 1.82) is 0 Å². The minimum absolute atomic E-state index is 0.159. The highest BCUT2D eigenvalue weighted by Gasteiger charge is 2.31. The Kier molecular flexibility index (Phi) is 4.09. The Bertz CT molecular complexity index is 1140. The fourth-order valence-electron chi connectivity index (χ4n) is 3.40. The molecule has 0 saturated carbocycles. The van der Waals surface area contributed by atoms with E-state index < -0.39 is 0 Å². The van der Waals surface area contributed by atoms with E-state index >= 15 is 0 Å². The quantitative estimate of drug-likeness (QED) is 0.276. The van der Waals surface area contributed by atoms with E-state index in [1.54, 1.807) is 30.3 Å². The van der Waals surface area contributed by atoms with Gasteiger partial charge in [0.2, 0.25) is 0 Å². The van der Waals surface area contributed by atoms with Crippen LogP contribution in [0.4, 0.5) is 17.1 Å². The molecule has 1 aliphatic rings. The zero-order chi connectivity index (χ0) is 19.1. The lowest BCUT2D eigenvalue weighted by Crippen LogP contribution is -2.18. The van der Waals surface area contributed by atoms with Crippen LogP contribution < -0.4 is 11.1 Å². The first-order valence-corrected chi connectivity index (χ1v) is 8.77. The summed E-state index contributed by atoms with van der Waals surface area (Å²) in [5, 5.41) is 3.25. The molecule has 0 atom stereocenters. The maximum atomic E-state index is 13.1. The molecule has 0 amide bonds. The van der Waals surface area contributed by atoms with Crippen LogP contribution in [0, 0.1) is 0 Å². The molecule has 4 nitrogen and oxygen atoms in total. The van der Waals surface area contributed by atoms with Crippen molar-refractivity contribution in [3.63, 3.8) is 0 Å². The number of fused-ring (bicyclic) bond motifs is 2. The van der Waals surface area contributed by atoms with Crippen molar-refractivity contribution in [2.75, 3.05) is 11.1 Å². The predicted octanol–water partition coefficient (Wildman–Crippen LogP) is 4.72. The first kappa shape index (κ1) is 17.1. The molecule has 3 aromatic rings. The van der Waals surface area contributed by atoms with Crippen molar-refractivity contribution >= 4 is 47.3 Å². The van der Waals surface area contributed by atoms with Crippen LogP contribution in [-0.2, 0) is 0 Å². The zero-order valence-corrected chi connectivity index (χ0v) is 15.2. The van der Waals surface area contributed by atoms with Crippen LogP contribution in [0.2, 0.25) is 0 Å². The average molecular weight is 372 g/mol. The van der Waals surface area contributed by atoms with Gasteiger partial charge in [0.15, 0.2) is 12.1 Å². The van der Waals surface area contributed by atoms with Gasteiger partial charge in [-0.15, -0.1) is 12.6 Å². The van der Waals surface area contributed by atoms with Crippen LogP contribution in [0.15, 0.2) is 66.1 Å². The summed E-state index contributed by atoms with van der Waals surface area (Å²) in [7, 11) is 0. The van der Waals surface area contributed by atoms with Crippen molar-refractivity contribution in [3.05, 3.63) is 89.0 Å². The largest absolute Gasteiger partial charge is 0.397 e. The summed E-state index contributed by atoms with van der Waals surface area (Å²) < 4.78 is 0. The highest BCUT2D eigenvalue weighted by Crippen LogP contribution is 2.44. The second kappa shape index (κ2) is 6.45. The number of nitrogens with two attached hydrogens (primary N) is 1. The fourth-order valence-corrected chi connectivity index (χ4v) is 3.65. The second-order valence-electron chi connectivity index (χ2n) is 6.29. The van der Waals surface area contributed by atoms with Gasteiger partial charge in [-0.1, -0.05) is 43.0 Å². The number of rotatable bonds is 3. The number of benzene rings is 3. The molecule has 1 aliphatic carbocycles. The molecule has 0 spiro atoms. The summed E-state index contributed by atoms with van der Waals surface area (Å²) >= 11 is 4.44. The van der Waals surface area contributed by atoms with Crippen LogP contribution in [0.1, 0.15) is 37.4 Å². The molecule has 3 N–H and O–H groups in total. The number of thiol groups is 1. The van der Waals surface area contributed by atoms with Gasteiger partial charge in [0, 0.05) is 33.0 Å². The van der Waals surface area contributed by atoms with E-state index in [0.29, 0.717) is 49.8 Å². The minimum Gasteiger partial charge on any atom is -0.397 e. The molecule has 27 heavy (non-hydrogen) atoms. The molecule has 3 aromatic carbocycles. The standard InChI is InChI=1S/C22H16N2O2S/c1-12-14-7-3-4-8-15(14)22(26)20-19(12)17(10-18(27)21(20)23)24-16-9-5-2-6-13(16)11-25/h2-11,24,27H,1,23H2. The van der Waals surface area contributed by atoms with Gasteiger partial charge in [-0.25, -0.2) is 0 Å². The molecule has 132 valence electrons. The van der Waals surface area contributed by atoms with Crippen LogP contribution in [0.5, 0.6) is 0 Å². The van der Waals surface area contributed by atoms with E-state index in [-0.39, 0.29) is 5.78 Å². The van der Waals surface area contributed by atoms with Crippen molar-refractivity contribution in [1.82, 2.24) is 0 Å². The van der Waals surface area contributed by atoms with Gasteiger partial charge in [0.05, 0.1) is 11.3 Å². The predicted molar refractivity (Wildman–Crippen MR) is 111 cm³/mol. The van der Waals surface area contributed by atoms with E-state index in [1.807, 2.05) is 24.3 Å². The molecule has 0 bridgehead atoms. The summed E-state index contributed by atoms with van der Waals surface area (Å²) in [6.45, 7) is 4.20. The molecule has 0 aromatic heterocycles. The van der Waals surface area contributed by atoms with Crippen molar-refractivity contribution in [2.24, 2.45) is 0 Å². The first-order valence-electron chi connectivity index (χ1n) is 8.33. The Balaban J connectivity index is 1.96. The molecule has 5 heteroatoms. The highest BCUT2D eigenvalue weighted by atomic mass is 32.1. The first-order chi connectivity index (χ1) is 13.0. The fraction of sp³-hybridized carbons (Fsp3) is 0. The number of carbonyl (C=O) groups excluding carboxylic acids is 2. The third kappa shape index (κ3) is 2.64. The summed E-state index contributed by atoms with van der Waals surface area (Å²) in [5.74, 6) is -0.159. The normalized spacial score (nSPS) is 12.3. The Morgan fingerprint density at radius 3 is 2.37 bits per heavy atom. The number of carbonyl (C=O) groups is 2. The molecule has 0 radical (unpaired) electrons. The number of nitrogen functional groups attached to an aromatic ring is 1.